The van der Waals surface area contributed by atoms with Crippen molar-refractivity contribution in [1.29, 1.82) is 0 Å². The van der Waals surface area contributed by atoms with E-state index < -0.39 is 0 Å². The van der Waals surface area contributed by atoms with E-state index in [-0.39, 0.29) is 36.2 Å². The molecular weight excluding hydrogens is 1060 g/mol. The monoisotopic (exact) mass is 1130 g/mol. The predicted molar refractivity (Wildman–Crippen MR) is 336 cm³/mol. The molecule has 17 heteroatoms. The first kappa shape index (κ1) is 55.2. The molecule has 3 aromatic heterocycles. The highest BCUT2D eigenvalue weighted by atomic mass is 16.2. The Hall–Kier alpha value is -10.4. The fourth-order valence-corrected chi connectivity index (χ4v) is 10.4. The van der Waals surface area contributed by atoms with Gasteiger partial charge >= 0.3 is 0 Å². The number of aromatic amines is 3. The summed E-state index contributed by atoms with van der Waals surface area (Å²) in [5, 5.41) is 11.9. The molecule has 0 fully saturated rings. The molecule has 4 heterocycles. The summed E-state index contributed by atoms with van der Waals surface area (Å²) in [6, 6.07) is 54.1. The van der Waals surface area contributed by atoms with E-state index in [1.54, 1.807) is 24.3 Å². The molecule has 0 saturated carbocycles. The quantitative estimate of drug-likeness (QED) is 0.0409. The van der Waals surface area contributed by atoms with E-state index in [1.165, 1.54) is 0 Å². The van der Waals surface area contributed by atoms with Crippen molar-refractivity contribution in [3.8, 4) is 56.4 Å². The van der Waals surface area contributed by atoms with Crippen LogP contribution in [0, 0.1) is 0 Å². The average molecular weight is 1130 g/mol. The summed E-state index contributed by atoms with van der Waals surface area (Å²) in [5.74, 6) is 1.44. The van der Waals surface area contributed by atoms with Crippen molar-refractivity contribution in [1.82, 2.24) is 61.0 Å². The van der Waals surface area contributed by atoms with Gasteiger partial charge in [0.25, 0.3) is 23.6 Å². The van der Waals surface area contributed by atoms with Crippen LogP contribution < -0.4 is 21.3 Å². The molecule has 17 nitrogen and oxygen atoms in total. The smallest absolute Gasteiger partial charge is 0.251 e. The van der Waals surface area contributed by atoms with Crippen molar-refractivity contribution in [3.63, 3.8) is 0 Å². The summed E-state index contributed by atoms with van der Waals surface area (Å²) in [5.41, 5.74) is 18.1. The maximum Gasteiger partial charge on any atom is 0.251 e. The molecule has 4 amide bonds. The summed E-state index contributed by atoms with van der Waals surface area (Å²) in [4.78, 5) is 85.7. The largest absolute Gasteiger partial charge is 0.351 e. The zero-order valence-corrected chi connectivity index (χ0v) is 47.8. The summed E-state index contributed by atoms with van der Waals surface area (Å²) < 4.78 is 0. The Kier molecular flexibility index (Phi) is 15.5. The zero-order valence-electron chi connectivity index (χ0n) is 47.8. The molecule has 0 radical (unpaired) electrons. The fraction of sp³-hybridized carbons (Fsp3) is 0.176. The molecule has 424 valence electrons. The molecule has 12 rings (SSSR count). The van der Waals surface area contributed by atoms with Crippen molar-refractivity contribution >= 4 is 68.1 Å². The van der Waals surface area contributed by atoms with Crippen LogP contribution in [0.4, 0.5) is 5.69 Å². The number of carbonyl (C=O) groups excluding carboxylic acids is 4. The van der Waals surface area contributed by atoms with E-state index in [4.69, 9.17) is 19.9 Å². The Morgan fingerprint density at radius 1 is 0.435 bits per heavy atom. The number of hydrogen-bond acceptors (Lipinski definition) is 10. The van der Waals surface area contributed by atoms with E-state index in [9.17, 15) is 19.2 Å². The number of nitrogens with zero attached hydrogens (tertiary/aromatic N) is 6. The van der Waals surface area contributed by atoms with Gasteiger partial charge in [0, 0.05) is 84.1 Å². The Balaban J connectivity index is 0.610. The minimum absolute atomic E-state index is 0.0996. The highest BCUT2D eigenvalue weighted by Crippen LogP contribution is 2.35. The maximum absolute atomic E-state index is 13.4. The maximum atomic E-state index is 13.4. The first-order chi connectivity index (χ1) is 41.2. The summed E-state index contributed by atoms with van der Waals surface area (Å²) in [6.45, 7) is 4.79. The second-order valence-electron chi connectivity index (χ2n) is 22.0. The third-order valence-corrected chi connectivity index (χ3v) is 15.2. The van der Waals surface area contributed by atoms with Crippen molar-refractivity contribution in [3.05, 3.63) is 203 Å². The lowest BCUT2D eigenvalue weighted by molar-refractivity contribution is 0.0912. The van der Waals surface area contributed by atoms with Crippen molar-refractivity contribution < 1.29 is 19.2 Å². The summed E-state index contributed by atoms with van der Waals surface area (Å²) >= 11 is 0. The van der Waals surface area contributed by atoms with E-state index in [1.807, 2.05) is 148 Å². The van der Waals surface area contributed by atoms with Crippen molar-refractivity contribution in [2.75, 3.05) is 60.9 Å². The molecule has 7 N–H and O–H groups in total. The highest BCUT2D eigenvalue weighted by molar-refractivity contribution is 6.07. The number of imidazole rings is 3. The number of aromatic nitrogens is 6. The van der Waals surface area contributed by atoms with Gasteiger partial charge in [-0.1, -0.05) is 72.8 Å². The highest BCUT2D eigenvalue weighted by Gasteiger charge is 2.20. The van der Waals surface area contributed by atoms with Gasteiger partial charge in [-0.2, -0.15) is 0 Å². The number of H-pyrrole nitrogens is 3. The number of fused-ring (bicyclic) bond motifs is 4. The number of carbonyl (C=O) groups is 4. The van der Waals surface area contributed by atoms with Crippen LogP contribution in [-0.2, 0) is 6.42 Å². The molecule has 11 aromatic rings. The summed E-state index contributed by atoms with van der Waals surface area (Å²) in [6.07, 6.45) is 0.658. The lowest BCUT2D eigenvalue weighted by Gasteiger charge is -2.15. The normalized spacial score (nSPS) is 12.4. The molecule has 1 aliphatic rings. The molecule has 0 saturated heterocycles. The van der Waals surface area contributed by atoms with Gasteiger partial charge in [-0.25, -0.2) is 15.0 Å². The Labute approximate surface area is 491 Å². The Morgan fingerprint density at radius 2 is 0.788 bits per heavy atom. The van der Waals surface area contributed by atoms with E-state index in [2.05, 4.69) is 78.7 Å². The van der Waals surface area contributed by atoms with Crippen LogP contribution in [0.15, 0.2) is 175 Å². The Bertz CT molecular complexity index is 4350. The van der Waals surface area contributed by atoms with Gasteiger partial charge in [0.05, 0.1) is 44.5 Å². The van der Waals surface area contributed by atoms with E-state index in [0.29, 0.717) is 47.6 Å². The number of aliphatic imine (C=N–C) groups is 1. The van der Waals surface area contributed by atoms with Gasteiger partial charge in [-0.3, -0.25) is 24.2 Å². The SMILES string of the molecule is C[C@H](CNC(=O)c1ccc(C2=Nc3ccc(-c4ccc5nc(-c6ccc(C(=O)NCCN(C)C)cc6)[nH]c5c4)cc3C2)cc1)NC(=O)c1ccc(-c2nc3ccc(-c4ccc5nc(-c6ccc(C(=O)NCCN(C)C)cc6)[nH]c5c4)cc3[nH]2)cc1. The topological polar surface area (TPSA) is 221 Å². The number of benzene rings is 8. The van der Waals surface area contributed by atoms with Gasteiger partial charge in [-0.05, 0) is 166 Å². The fourth-order valence-electron chi connectivity index (χ4n) is 10.4. The van der Waals surface area contributed by atoms with Crippen LogP contribution in [0.25, 0.3) is 89.5 Å². The number of likely N-dealkylation sites (N-methyl/N-ethyl adjacent to an activating group) is 2. The van der Waals surface area contributed by atoms with Crippen molar-refractivity contribution in [2.45, 2.75) is 19.4 Å². The predicted octanol–water partition coefficient (Wildman–Crippen LogP) is 10.5. The number of nitrogens with one attached hydrogen (secondary N) is 7. The van der Waals surface area contributed by atoms with Gasteiger partial charge in [0.1, 0.15) is 17.5 Å². The third-order valence-electron chi connectivity index (χ3n) is 15.2. The average Bonchev–Trinajstić information content (AvgIpc) is 4.14. The molecule has 0 spiro atoms. The molecule has 0 aliphatic carbocycles. The van der Waals surface area contributed by atoms with Gasteiger partial charge in [0.2, 0.25) is 0 Å². The first-order valence-corrected chi connectivity index (χ1v) is 28.3. The lowest BCUT2D eigenvalue weighted by Crippen LogP contribution is -2.41. The summed E-state index contributed by atoms with van der Waals surface area (Å²) in [7, 11) is 7.89. The first-order valence-electron chi connectivity index (χ1n) is 28.3. The second-order valence-corrected chi connectivity index (χ2v) is 22.0. The third kappa shape index (κ3) is 12.4. The lowest BCUT2D eigenvalue weighted by atomic mass is 9.98. The number of hydrogen-bond donors (Lipinski definition) is 7. The molecule has 1 aliphatic heterocycles. The standard InChI is InChI=1S/C68H63N13O4/c1-40(72-68(85)48-20-12-44(13-21-48)64-76-57-29-25-52(37-61(57)79-64)51-24-28-56-60(36-51)78-63(75-56)43-10-18-46(19-11-43)66(83)70-31-33-81(4)5)39-71-67(84)47-14-6-41(7-15-47)58-38-53-34-49(22-26-54(53)73-58)50-23-27-55-59(35-50)77-62(74-55)42-8-16-45(17-9-42)65(82)69-30-32-80(2)3/h6-29,34-37,40H,30-33,38-39H2,1-5H3,(H,69,82)(H,70,83)(H,71,84)(H,72,85)(H,74,77)(H,75,78)(H,76,79)/t40-/m1/s1. The van der Waals surface area contributed by atoms with Gasteiger partial charge in [0.15, 0.2) is 0 Å². The van der Waals surface area contributed by atoms with Crippen LogP contribution in [0.5, 0.6) is 0 Å². The van der Waals surface area contributed by atoms with Crippen LogP contribution in [0.2, 0.25) is 0 Å². The molecule has 1 atom stereocenters. The van der Waals surface area contributed by atoms with E-state index >= 15 is 0 Å². The second kappa shape index (κ2) is 23.9. The molecule has 0 unspecified atom stereocenters. The van der Waals surface area contributed by atoms with E-state index in [0.717, 1.165) is 119 Å². The zero-order chi connectivity index (χ0) is 58.7. The van der Waals surface area contributed by atoms with Gasteiger partial charge in [-0.15, -0.1) is 0 Å². The van der Waals surface area contributed by atoms with Gasteiger partial charge < -0.3 is 46.0 Å². The molecular formula is C68H63N13O4. The molecule has 8 aromatic carbocycles. The van der Waals surface area contributed by atoms with Crippen LogP contribution >= 0.6 is 0 Å². The molecule has 0 bridgehead atoms. The minimum atomic E-state index is -0.342. The van der Waals surface area contributed by atoms with Crippen LogP contribution in [-0.4, -0.2) is 136 Å². The van der Waals surface area contributed by atoms with Crippen molar-refractivity contribution in [2.24, 2.45) is 4.99 Å². The number of amides is 4. The van der Waals surface area contributed by atoms with Crippen LogP contribution in [0.1, 0.15) is 59.5 Å². The van der Waals surface area contributed by atoms with Crippen LogP contribution in [0.3, 0.4) is 0 Å². The minimum Gasteiger partial charge on any atom is -0.351 e. The number of rotatable bonds is 19. The Morgan fingerprint density at radius 3 is 1.20 bits per heavy atom. The molecule has 85 heavy (non-hydrogen) atoms.